The van der Waals surface area contributed by atoms with Gasteiger partial charge in [-0.15, -0.1) is 8.19 Å². The Morgan fingerprint density at radius 1 is 0.882 bits per heavy atom. The van der Waals surface area contributed by atoms with Gasteiger partial charge in [-0.1, -0.05) is 70.8 Å². The monoisotopic (exact) mass is 251 g/mol. The fourth-order valence-corrected chi connectivity index (χ4v) is 3.03. The molecule has 1 aromatic heterocycles. The zero-order valence-electron chi connectivity index (χ0n) is 11.4. The smallest absolute Gasteiger partial charge is 0.00535 e. The normalized spacial score (nSPS) is 11.4. The molecule has 0 aliphatic heterocycles. The van der Waals surface area contributed by atoms with Crippen LogP contribution in [0.25, 0.3) is 0 Å². The molecular weight excluding hydrogens is 223 g/mol. The second kappa shape index (κ2) is 10.9. The minimum Gasteiger partial charge on any atom is -0.131 e. The maximum absolute atomic E-state index is 3.42. The summed E-state index contributed by atoms with van der Waals surface area (Å²) in [6.45, 7) is 2.28. The third-order valence-corrected chi connectivity index (χ3v) is 4.20. The van der Waals surface area contributed by atoms with Crippen LogP contribution in [0.1, 0.15) is 76.7 Å². The molecule has 0 fully saturated rings. The summed E-state index contributed by atoms with van der Waals surface area (Å²) in [4.78, 5) is 0. The summed E-state index contributed by atoms with van der Waals surface area (Å²) >= 11 is 0. The molecule has 0 N–H and O–H groups in total. The highest BCUT2D eigenvalue weighted by atomic mass is 31.0. The van der Waals surface area contributed by atoms with Crippen LogP contribution in [0.2, 0.25) is 0 Å². The molecule has 97 valence electrons. The Morgan fingerprint density at radius 2 is 1.47 bits per heavy atom. The molecule has 0 aliphatic rings. The number of unbranched alkanes of at least 4 members (excludes halogenated alkanes) is 9. The highest BCUT2D eigenvalue weighted by Crippen LogP contribution is 2.15. The summed E-state index contributed by atoms with van der Waals surface area (Å²) in [6.07, 6.45) is 15.6. The van der Waals surface area contributed by atoms with E-state index in [0.29, 0.717) is 0 Å². The van der Waals surface area contributed by atoms with Crippen LogP contribution in [0.5, 0.6) is 0 Å². The molecule has 1 heteroatoms. The summed E-state index contributed by atoms with van der Waals surface area (Å²) in [7, 11) is 0.833. The van der Waals surface area contributed by atoms with Gasteiger partial charge in [0.15, 0.2) is 0 Å². The molecule has 1 atom stereocenters. The van der Waals surface area contributed by atoms with Crippen LogP contribution < -0.4 is 0 Å². The van der Waals surface area contributed by atoms with Crippen LogP contribution in [0.4, 0.5) is 0 Å². The molecule has 1 unspecified atom stereocenters. The predicted molar refractivity (Wildman–Crippen MR) is 80.3 cm³/mol. The molecule has 1 rings (SSSR count). The van der Waals surface area contributed by atoms with Crippen LogP contribution in [0.3, 0.4) is 0 Å². The number of aryl methyl sites for hydroxylation is 1. The Hall–Kier alpha value is -0.220. The van der Waals surface area contributed by atoms with Crippen LogP contribution in [-0.2, 0) is 6.42 Å². The summed E-state index contributed by atoms with van der Waals surface area (Å²) < 4.78 is 0. The lowest BCUT2D eigenvalue weighted by Crippen LogP contribution is -1.84. The van der Waals surface area contributed by atoms with E-state index in [-0.39, 0.29) is 0 Å². The van der Waals surface area contributed by atoms with Gasteiger partial charge in [0.25, 0.3) is 0 Å². The van der Waals surface area contributed by atoms with Crippen LogP contribution in [-0.4, -0.2) is 0 Å². The second-order valence-corrected chi connectivity index (χ2v) is 5.93. The maximum atomic E-state index is 3.42. The van der Waals surface area contributed by atoms with Crippen LogP contribution in [0.15, 0.2) is 11.9 Å². The number of rotatable bonds is 11. The first kappa shape index (κ1) is 14.8. The van der Waals surface area contributed by atoms with Crippen LogP contribution in [0, 0.1) is 5.80 Å². The zero-order chi connectivity index (χ0) is 12.2. The molecule has 0 aliphatic carbocycles. The van der Waals surface area contributed by atoms with Crippen molar-refractivity contribution >= 4 is 8.19 Å². The van der Waals surface area contributed by atoms with Gasteiger partial charge in [0.2, 0.25) is 0 Å². The first-order valence-corrected chi connectivity index (χ1v) is 8.55. The molecule has 1 heterocycles. The number of hydrogen-bond donors (Lipinski definition) is 0. The molecule has 0 saturated carbocycles. The quantitative estimate of drug-likeness (QED) is 0.424. The summed E-state index contributed by atoms with van der Waals surface area (Å²) in [6, 6.07) is 2.26. The second-order valence-electron chi connectivity index (χ2n) is 5.06. The lowest BCUT2D eigenvalue weighted by atomic mass is 10.0. The minimum absolute atomic E-state index is 0.833. The van der Waals surface area contributed by atoms with E-state index in [1.807, 2.05) is 0 Å². The van der Waals surface area contributed by atoms with Crippen molar-refractivity contribution in [2.24, 2.45) is 0 Å². The van der Waals surface area contributed by atoms with Crippen molar-refractivity contribution in [1.29, 1.82) is 0 Å². The molecule has 0 nitrogen and oxygen atoms in total. The summed E-state index contributed by atoms with van der Waals surface area (Å²) in [5, 5.41) is 0. The van der Waals surface area contributed by atoms with E-state index in [2.05, 4.69) is 24.6 Å². The molecule has 0 amide bonds. The standard InChI is InChI=1S/C16H28P/c1-2-3-4-5-6-7-8-9-10-11-12-16-13-14-17-15-16/h13-14,17H,2-12H2,1H3. The van der Waals surface area contributed by atoms with Gasteiger partial charge in [0.1, 0.15) is 0 Å². The fourth-order valence-electron chi connectivity index (χ4n) is 2.27. The first-order valence-electron chi connectivity index (χ1n) is 7.47. The van der Waals surface area contributed by atoms with Gasteiger partial charge in [-0.25, -0.2) is 0 Å². The van der Waals surface area contributed by atoms with Gasteiger partial charge in [0.05, 0.1) is 0 Å². The molecule has 1 radical (unpaired) electrons. The van der Waals surface area contributed by atoms with Crippen molar-refractivity contribution in [3.8, 4) is 0 Å². The fraction of sp³-hybridized carbons (Fsp3) is 0.750. The van der Waals surface area contributed by atoms with E-state index >= 15 is 0 Å². The maximum Gasteiger partial charge on any atom is 0.00535 e. The Balaban J connectivity index is 1.76. The molecule has 1 aromatic rings. The van der Waals surface area contributed by atoms with Crippen molar-refractivity contribution in [2.75, 3.05) is 0 Å². The molecule has 0 spiro atoms. The van der Waals surface area contributed by atoms with Gasteiger partial charge >= 0.3 is 0 Å². The highest BCUT2D eigenvalue weighted by Gasteiger charge is 1.94. The van der Waals surface area contributed by atoms with E-state index in [0.717, 1.165) is 8.19 Å². The Kier molecular flexibility index (Phi) is 9.52. The number of hydrogen-bond acceptors (Lipinski definition) is 0. The lowest BCUT2D eigenvalue weighted by Gasteiger charge is -2.01. The Morgan fingerprint density at radius 3 is 2.00 bits per heavy atom. The van der Waals surface area contributed by atoms with Gasteiger partial charge in [0, 0.05) is 5.80 Å². The van der Waals surface area contributed by atoms with Gasteiger partial charge in [-0.05, 0) is 24.2 Å². The first-order chi connectivity index (χ1) is 8.43. The zero-order valence-corrected chi connectivity index (χ0v) is 12.4. The predicted octanol–water partition coefficient (Wildman–Crippen LogP) is 5.98. The van der Waals surface area contributed by atoms with E-state index < -0.39 is 0 Å². The van der Waals surface area contributed by atoms with Gasteiger partial charge < -0.3 is 0 Å². The minimum atomic E-state index is 0.833. The van der Waals surface area contributed by atoms with E-state index in [1.54, 1.807) is 0 Å². The third kappa shape index (κ3) is 8.50. The molecule has 0 bridgehead atoms. The average molecular weight is 251 g/mol. The molecule has 0 saturated heterocycles. The summed E-state index contributed by atoms with van der Waals surface area (Å²) in [5.41, 5.74) is 1.46. The third-order valence-electron chi connectivity index (χ3n) is 3.40. The SMILES string of the molecule is CCCCCCCCCCCCc1[c][pH]cc1. The Labute approximate surface area is 109 Å². The lowest BCUT2D eigenvalue weighted by molar-refractivity contribution is 0.556. The topological polar surface area (TPSA) is 0 Å². The molecular formula is C16H28P. The van der Waals surface area contributed by atoms with Crippen LogP contribution >= 0.6 is 8.19 Å². The summed E-state index contributed by atoms with van der Waals surface area (Å²) in [5.74, 6) is 5.66. The average Bonchev–Trinajstić information content (AvgIpc) is 2.85. The molecule has 0 aromatic carbocycles. The van der Waals surface area contributed by atoms with Crippen molar-refractivity contribution < 1.29 is 0 Å². The van der Waals surface area contributed by atoms with Crippen molar-refractivity contribution in [2.45, 2.75) is 77.6 Å². The van der Waals surface area contributed by atoms with Gasteiger partial charge in [-0.3, -0.25) is 0 Å². The van der Waals surface area contributed by atoms with E-state index in [9.17, 15) is 0 Å². The van der Waals surface area contributed by atoms with Crippen molar-refractivity contribution in [3.63, 3.8) is 0 Å². The largest absolute Gasteiger partial charge is 0.131 e. The van der Waals surface area contributed by atoms with Crippen molar-refractivity contribution in [1.82, 2.24) is 0 Å². The Bertz CT molecular complexity index is 238. The van der Waals surface area contributed by atoms with E-state index in [1.165, 1.54) is 76.2 Å². The van der Waals surface area contributed by atoms with E-state index in [4.69, 9.17) is 0 Å². The molecule has 17 heavy (non-hydrogen) atoms. The van der Waals surface area contributed by atoms with Crippen molar-refractivity contribution in [3.05, 3.63) is 23.2 Å². The highest BCUT2D eigenvalue weighted by molar-refractivity contribution is 7.28. The van der Waals surface area contributed by atoms with Gasteiger partial charge in [-0.2, -0.15) is 0 Å².